The van der Waals surface area contributed by atoms with Gasteiger partial charge in [0.25, 0.3) is 0 Å². The quantitative estimate of drug-likeness (QED) is 0.0351. The molecular weight excluding hydrogens is 761 g/mol. The Labute approximate surface area is 335 Å². The van der Waals surface area contributed by atoms with Crippen molar-refractivity contribution in [3.05, 3.63) is 0 Å². The van der Waals surface area contributed by atoms with E-state index in [0.717, 1.165) is 95.3 Å². The SMILES string of the molecule is CCC(CCCO)CCCCCCO.CCC(CCCO)CCCCCCOP(=O)(OC)OCCCC(CC)CCCCCCCO.COP(=O)(Cl)Cl. The van der Waals surface area contributed by atoms with Crippen LogP contribution < -0.4 is 0 Å². The predicted molar refractivity (Wildman–Crippen MR) is 224 cm³/mol. The Morgan fingerprint density at radius 3 is 1.04 bits per heavy atom. The zero-order valence-corrected chi connectivity index (χ0v) is 37.8. The van der Waals surface area contributed by atoms with Gasteiger partial charge in [-0.2, -0.15) is 0 Å². The normalized spacial score (nSPS) is 14.4. The standard InChI is InChI=1S/C26H55O6P.C12H26O2.CH3Cl2O2P/c1-4-25(19-15-22-28)17-12-8-10-14-23-31-33(29,30-3)32-24-16-20-26(5-2)18-11-7-6-9-13-21-27;1-2-12(9-7-11-14)8-5-3-4-6-10-13;1-5-6(2,3)4/h25-28H,4-24H2,1-3H3;12-14H,2-11H2,1H3;1H3. The summed E-state index contributed by atoms with van der Waals surface area (Å²) in [5, 5.41) is 35.1. The monoisotopic (exact) mass is 844 g/mol. The first-order chi connectivity index (χ1) is 25.5. The van der Waals surface area contributed by atoms with Gasteiger partial charge >= 0.3 is 13.9 Å². The molecule has 324 valence electrons. The third kappa shape index (κ3) is 45.3. The van der Waals surface area contributed by atoms with E-state index < -0.39 is 13.9 Å². The summed E-state index contributed by atoms with van der Waals surface area (Å²) < 4.78 is 42.6. The van der Waals surface area contributed by atoms with E-state index in [1.165, 1.54) is 91.3 Å². The second-order valence-electron chi connectivity index (χ2n) is 14.0. The molecule has 0 amide bonds. The highest BCUT2D eigenvalue weighted by Crippen LogP contribution is 2.56. The van der Waals surface area contributed by atoms with Crippen LogP contribution in [0.1, 0.15) is 181 Å². The number of unbranched alkanes of at least 4 members (excludes halogenated alkanes) is 10. The molecule has 0 bridgehead atoms. The van der Waals surface area contributed by atoms with Crippen LogP contribution in [0.25, 0.3) is 0 Å². The average Bonchev–Trinajstić information content (AvgIpc) is 3.16. The highest BCUT2D eigenvalue weighted by molar-refractivity contribution is 8.05. The van der Waals surface area contributed by atoms with Crippen molar-refractivity contribution in [1.82, 2.24) is 0 Å². The lowest BCUT2D eigenvalue weighted by Gasteiger charge is -2.18. The van der Waals surface area contributed by atoms with E-state index in [1.807, 2.05) is 0 Å². The smallest absolute Gasteiger partial charge is 0.396 e. The summed E-state index contributed by atoms with van der Waals surface area (Å²) in [6.07, 6.45) is 24.9. The van der Waals surface area contributed by atoms with E-state index in [9.17, 15) is 9.13 Å². The molecule has 0 aromatic rings. The van der Waals surface area contributed by atoms with Crippen LogP contribution in [-0.2, 0) is 27.2 Å². The molecule has 0 rings (SSSR count). The fourth-order valence-electron chi connectivity index (χ4n) is 6.15. The maximum absolute atomic E-state index is 12.6. The van der Waals surface area contributed by atoms with E-state index in [-0.39, 0.29) is 0 Å². The third-order valence-corrected chi connectivity index (χ3v) is 12.5. The van der Waals surface area contributed by atoms with E-state index in [2.05, 4.69) is 25.3 Å². The molecular formula is C39H84Cl2O10P2. The minimum Gasteiger partial charge on any atom is -0.396 e. The predicted octanol–water partition coefficient (Wildman–Crippen LogP) is 12.6. The Morgan fingerprint density at radius 1 is 0.434 bits per heavy atom. The zero-order chi connectivity index (χ0) is 40.5. The maximum Gasteiger partial charge on any atom is 0.474 e. The Kier molecular flexibility index (Phi) is 48.0. The van der Waals surface area contributed by atoms with Gasteiger partial charge in [-0.25, -0.2) is 4.57 Å². The van der Waals surface area contributed by atoms with Crippen LogP contribution in [0.3, 0.4) is 0 Å². The molecule has 0 saturated carbocycles. The molecule has 53 heavy (non-hydrogen) atoms. The lowest BCUT2D eigenvalue weighted by atomic mass is 9.94. The van der Waals surface area contributed by atoms with Gasteiger partial charge in [-0.3, -0.25) is 18.1 Å². The second-order valence-corrected chi connectivity index (χ2v) is 20.2. The number of hydrogen-bond donors (Lipinski definition) is 4. The molecule has 0 radical (unpaired) electrons. The van der Waals surface area contributed by atoms with Crippen LogP contribution in [-0.4, -0.2) is 74.3 Å². The van der Waals surface area contributed by atoms with E-state index in [4.69, 9.17) is 56.5 Å². The van der Waals surface area contributed by atoms with Crippen molar-refractivity contribution in [2.45, 2.75) is 181 Å². The highest BCUT2D eigenvalue weighted by Gasteiger charge is 2.24. The fraction of sp³-hybridized carbons (Fsp3) is 1.00. The summed E-state index contributed by atoms with van der Waals surface area (Å²) in [6.45, 7) is 8.77. The molecule has 0 aliphatic carbocycles. The van der Waals surface area contributed by atoms with Gasteiger partial charge in [0.2, 0.25) is 0 Å². The van der Waals surface area contributed by atoms with Gasteiger partial charge in [0.05, 0.1) is 13.2 Å². The van der Waals surface area contributed by atoms with Crippen LogP contribution in [0.5, 0.6) is 0 Å². The maximum atomic E-state index is 12.6. The molecule has 0 aromatic heterocycles. The summed E-state index contributed by atoms with van der Waals surface area (Å²) in [5.74, 6) is 2.21. The average molecular weight is 846 g/mol. The molecule has 0 saturated heterocycles. The molecule has 4 unspecified atom stereocenters. The lowest BCUT2D eigenvalue weighted by molar-refractivity contribution is 0.125. The number of rotatable bonds is 37. The van der Waals surface area contributed by atoms with Gasteiger partial charge in [0, 0.05) is 40.6 Å². The molecule has 14 heteroatoms. The molecule has 0 spiro atoms. The molecule has 0 heterocycles. The Hall–Kier alpha value is 0.720. The molecule has 4 N–H and O–H groups in total. The minimum absolute atomic E-state index is 0.293. The third-order valence-electron chi connectivity index (χ3n) is 9.76. The summed E-state index contributed by atoms with van der Waals surface area (Å²) in [6, 6.07) is 0. The van der Waals surface area contributed by atoms with Gasteiger partial charge in [-0.1, -0.05) is 124 Å². The topological polar surface area (TPSA) is 152 Å². The fourth-order valence-corrected chi connectivity index (χ4v) is 7.14. The van der Waals surface area contributed by atoms with Crippen molar-refractivity contribution in [3.63, 3.8) is 0 Å². The van der Waals surface area contributed by atoms with E-state index >= 15 is 0 Å². The zero-order valence-electron chi connectivity index (χ0n) is 34.5. The Balaban J connectivity index is -0.00000102. The van der Waals surface area contributed by atoms with Crippen LogP contribution in [0.15, 0.2) is 0 Å². The van der Waals surface area contributed by atoms with E-state index in [1.54, 1.807) is 0 Å². The van der Waals surface area contributed by atoms with Gasteiger partial charge in [-0.15, -0.1) is 0 Å². The molecule has 0 aromatic carbocycles. The van der Waals surface area contributed by atoms with Gasteiger partial charge in [0.1, 0.15) is 0 Å². The van der Waals surface area contributed by atoms with Crippen LogP contribution in [0.2, 0.25) is 0 Å². The summed E-state index contributed by atoms with van der Waals surface area (Å²) >= 11 is 9.63. The molecule has 10 nitrogen and oxygen atoms in total. The number of phosphoric acid groups is 1. The van der Waals surface area contributed by atoms with Crippen LogP contribution in [0.4, 0.5) is 0 Å². The van der Waals surface area contributed by atoms with Crippen molar-refractivity contribution < 1.29 is 47.7 Å². The molecule has 4 atom stereocenters. The van der Waals surface area contributed by atoms with Crippen LogP contribution in [0, 0.1) is 17.8 Å². The van der Waals surface area contributed by atoms with Crippen molar-refractivity contribution in [2.75, 3.05) is 53.9 Å². The van der Waals surface area contributed by atoms with Crippen molar-refractivity contribution in [2.24, 2.45) is 17.8 Å². The number of aliphatic hydroxyl groups excluding tert-OH is 4. The van der Waals surface area contributed by atoms with Gasteiger partial charge in [-0.05, 0) is 98.0 Å². The summed E-state index contributed by atoms with van der Waals surface area (Å²) in [4.78, 5) is 0. The molecule has 0 fully saturated rings. The van der Waals surface area contributed by atoms with Crippen LogP contribution >= 0.6 is 36.4 Å². The van der Waals surface area contributed by atoms with Crippen molar-refractivity contribution >= 4 is 36.4 Å². The van der Waals surface area contributed by atoms with Crippen molar-refractivity contribution in [1.29, 1.82) is 0 Å². The molecule has 0 aliphatic rings. The first-order valence-electron chi connectivity index (χ1n) is 20.9. The van der Waals surface area contributed by atoms with Crippen molar-refractivity contribution in [3.8, 4) is 0 Å². The highest BCUT2D eigenvalue weighted by atomic mass is 35.9. The number of hydrogen-bond acceptors (Lipinski definition) is 10. The molecule has 0 aliphatic heterocycles. The first kappa shape index (κ1) is 58.0. The summed E-state index contributed by atoms with van der Waals surface area (Å²) in [7, 11) is -0.865. The van der Waals surface area contributed by atoms with E-state index in [0.29, 0.717) is 45.6 Å². The van der Waals surface area contributed by atoms with Gasteiger partial charge < -0.3 is 24.9 Å². The lowest BCUT2D eigenvalue weighted by Crippen LogP contribution is -2.04. The first-order valence-corrected chi connectivity index (χ1v) is 25.8. The van der Waals surface area contributed by atoms with Gasteiger partial charge in [0.15, 0.2) is 0 Å². The Morgan fingerprint density at radius 2 is 0.717 bits per heavy atom. The second kappa shape index (κ2) is 43.8. The largest absolute Gasteiger partial charge is 0.474 e. The Bertz CT molecular complexity index is 810. The number of halogens is 2. The number of aliphatic hydroxyl groups is 4. The minimum atomic E-state index is -3.44. The number of phosphoric ester groups is 1. The summed E-state index contributed by atoms with van der Waals surface area (Å²) in [5.41, 5.74) is 0.